The summed E-state index contributed by atoms with van der Waals surface area (Å²) < 4.78 is 5.14. The molecule has 1 atom stereocenters. The number of imide groups is 1. The minimum absolute atomic E-state index is 0.403. The molecule has 2 heterocycles. The van der Waals surface area contributed by atoms with Crippen LogP contribution in [0.25, 0.3) is 11.3 Å². The van der Waals surface area contributed by atoms with Gasteiger partial charge in [0.2, 0.25) is 5.91 Å². The number of rotatable bonds is 6. The summed E-state index contributed by atoms with van der Waals surface area (Å²) >= 11 is 1.29. The highest BCUT2D eigenvalue weighted by atomic mass is 32.1. The van der Waals surface area contributed by atoms with Crippen molar-refractivity contribution >= 4 is 34.3 Å². The zero-order chi connectivity index (χ0) is 23.8. The minimum Gasteiger partial charge on any atom is -0.497 e. The first-order chi connectivity index (χ1) is 15.7. The van der Waals surface area contributed by atoms with Gasteiger partial charge >= 0.3 is 6.03 Å². The van der Waals surface area contributed by atoms with Gasteiger partial charge in [0.25, 0.3) is 5.91 Å². The van der Waals surface area contributed by atoms with Crippen molar-refractivity contribution in [2.24, 2.45) is 0 Å². The number of aryl methyl sites for hydroxylation is 2. The van der Waals surface area contributed by atoms with E-state index in [1.807, 2.05) is 31.4 Å². The molecule has 170 valence electrons. The summed E-state index contributed by atoms with van der Waals surface area (Å²) in [6.07, 6.45) is 0. The molecule has 0 radical (unpaired) electrons. The average Bonchev–Trinajstić information content (AvgIpc) is 3.32. The second-order valence-corrected chi connectivity index (χ2v) is 8.94. The van der Waals surface area contributed by atoms with Crippen LogP contribution in [0.5, 0.6) is 5.75 Å². The van der Waals surface area contributed by atoms with E-state index < -0.39 is 29.9 Å². The van der Waals surface area contributed by atoms with E-state index in [-0.39, 0.29) is 0 Å². The van der Waals surface area contributed by atoms with Gasteiger partial charge in [0.05, 0.1) is 12.8 Å². The Morgan fingerprint density at radius 1 is 1.18 bits per heavy atom. The molecule has 1 unspecified atom stereocenters. The zero-order valence-corrected chi connectivity index (χ0v) is 19.6. The molecule has 0 aliphatic carbocycles. The molecule has 33 heavy (non-hydrogen) atoms. The zero-order valence-electron chi connectivity index (χ0n) is 18.8. The van der Waals surface area contributed by atoms with Gasteiger partial charge in [0.15, 0.2) is 5.13 Å². The van der Waals surface area contributed by atoms with E-state index in [2.05, 4.69) is 21.7 Å². The van der Waals surface area contributed by atoms with Crippen molar-refractivity contribution in [2.45, 2.75) is 26.3 Å². The van der Waals surface area contributed by atoms with E-state index in [0.717, 1.165) is 27.3 Å². The topological polar surface area (TPSA) is 101 Å². The number of carbonyl (C=O) groups is 3. The van der Waals surface area contributed by atoms with Crippen LogP contribution in [-0.4, -0.2) is 41.4 Å². The van der Waals surface area contributed by atoms with Crippen LogP contribution in [0, 0.1) is 13.8 Å². The third-order valence-electron chi connectivity index (χ3n) is 5.65. The highest BCUT2D eigenvalue weighted by Crippen LogP contribution is 2.31. The highest BCUT2D eigenvalue weighted by Gasteiger charge is 2.49. The number of nitrogens with zero attached hydrogens (tertiary/aromatic N) is 2. The molecule has 1 aliphatic heterocycles. The number of methoxy groups -OCH3 is 1. The van der Waals surface area contributed by atoms with E-state index >= 15 is 0 Å². The number of urea groups is 1. The molecule has 9 heteroatoms. The van der Waals surface area contributed by atoms with E-state index in [0.29, 0.717) is 16.4 Å². The maximum absolute atomic E-state index is 13.1. The van der Waals surface area contributed by atoms with Crippen molar-refractivity contribution < 1.29 is 19.1 Å². The standard InChI is InChI=1S/C24H24N4O4S/c1-14-5-10-18(15(2)11-14)19-13-33-22(25-19)26-20(29)12-28-21(30)24(3,27-23(28)31)16-6-8-17(32-4)9-7-16/h5-11,13H,12H2,1-4H3,(H,27,31)(H,25,26,29). The van der Waals surface area contributed by atoms with Gasteiger partial charge in [-0.25, -0.2) is 9.78 Å². The van der Waals surface area contributed by atoms with E-state index in [1.165, 1.54) is 11.3 Å². The Hall–Kier alpha value is -3.72. The summed E-state index contributed by atoms with van der Waals surface area (Å²) in [4.78, 5) is 43.6. The van der Waals surface area contributed by atoms with Crippen molar-refractivity contribution in [1.29, 1.82) is 0 Å². The maximum atomic E-state index is 13.1. The van der Waals surface area contributed by atoms with Crippen molar-refractivity contribution in [3.05, 3.63) is 64.5 Å². The molecule has 0 bridgehead atoms. The number of ether oxygens (including phenoxy) is 1. The average molecular weight is 465 g/mol. The summed E-state index contributed by atoms with van der Waals surface area (Å²) in [7, 11) is 1.55. The molecule has 0 saturated carbocycles. The molecular formula is C24H24N4O4S. The summed E-state index contributed by atoms with van der Waals surface area (Å²) in [6.45, 7) is 5.25. The predicted octanol–water partition coefficient (Wildman–Crippen LogP) is 3.84. The van der Waals surface area contributed by atoms with Gasteiger partial charge in [-0.2, -0.15) is 0 Å². The molecule has 8 nitrogen and oxygen atoms in total. The van der Waals surface area contributed by atoms with Gasteiger partial charge in [-0.3, -0.25) is 14.5 Å². The highest BCUT2D eigenvalue weighted by molar-refractivity contribution is 7.14. The third kappa shape index (κ3) is 4.31. The Morgan fingerprint density at radius 2 is 1.91 bits per heavy atom. The molecule has 4 rings (SSSR count). The lowest BCUT2D eigenvalue weighted by Gasteiger charge is -2.22. The van der Waals surface area contributed by atoms with Crippen molar-refractivity contribution in [1.82, 2.24) is 15.2 Å². The number of hydrogen-bond acceptors (Lipinski definition) is 6. The molecule has 0 spiro atoms. The predicted molar refractivity (Wildman–Crippen MR) is 126 cm³/mol. The smallest absolute Gasteiger partial charge is 0.325 e. The molecular weight excluding hydrogens is 440 g/mol. The van der Waals surface area contributed by atoms with Crippen LogP contribution >= 0.6 is 11.3 Å². The number of thiazole rings is 1. The molecule has 2 N–H and O–H groups in total. The van der Waals surface area contributed by atoms with E-state index in [1.54, 1.807) is 38.3 Å². The molecule has 1 fully saturated rings. The lowest BCUT2D eigenvalue weighted by molar-refractivity contribution is -0.133. The van der Waals surface area contributed by atoms with Crippen molar-refractivity contribution in [3.8, 4) is 17.0 Å². The summed E-state index contributed by atoms with van der Waals surface area (Å²) in [5.74, 6) is -0.360. The fourth-order valence-electron chi connectivity index (χ4n) is 3.82. The normalized spacial score (nSPS) is 17.8. The summed E-state index contributed by atoms with van der Waals surface area (Å²) in [5.41, 5.74) is 3.34. The first-order valence-corrected chi connectivity index (χ1v) is 11.2. The Morgan fingerprint density at radius 3 is 2.58 bits per heavy atom. The maximum Gasteiger partial charge on any atom is 0.325 e. The van der Waals surface area contributed by atoms with Crippen molar-refractivity contribution in [3.63, 3.8) is 0 Å². The largest absolute Gasteiger partial charge is 0.497 e. The first-order valence-electron chi connectivity index (χ1n) is 10.3. The van der Waals surface area contributed by atoms with Gasteiger partial charge in [0, 0.05) is 10.9 Å². The van der Waals surface area contributed by atoms with Crippen LogP contribution in [0.3, 0.4) is 0 Å². The molecule has 1 aliphatic rings. The SMILES string of the molecule is COc1ccc(C2(C)NC(=O)N(CC(=O)Nc3nc(-c4ccc(C)cc4C)cs3)C2=O)cc1. The number of benzene rings is 2. The summed E-state index contributed by atoms with van der Waals surface area (Å²) in [6, 6.07) is 12.3. The van der Waals surface area contributed by atoms with Gasteiger partial charge in [-0.1, -0.05) is 35.9 Å². The lowest BCUT2D eigenvalue weighted by Crippen LogP contribution is -2.42. The monoisotopic (exact) mass is 464 g/mol. The molecule has 1 saturated heterocycles. The van der Waals surface area contributed by atoms with Crippen LogP contribution in [0.2, 0.25) is 0 Å². The molecule has 1 aromatic heterocycles. The fourth-order valence-corrected chi connectivity index (χ4v) is 4.55. The number of nitrogens with one attached hydrogen (secondary N) is 2. The number of anilines is 1. The first kappa shape index (κ1) is 22.5. The summed E-state index contributed by atoms with van der Waals surface area (Å²) in [5, 5.41) is 7.65. The van der Waals surface area contributed by atoms with Crippen molar-refractivity contribution in [2.75, 3.05) is 19.0 Å². The number of hydrogen-bond donors (Lipinski definition) is 2. The Balaban J connectivity index is 1.45. The van der Waals surface area contributed by atoms with Crippen LogP contribution < -0.4 is 15.4 Å². The second-order valence-electron chi connectivity index (χ2n) is 8.08. The quantitative estimate of drug-likeness (QED) is 0.540. The number of carbonyl (C=O) groups excluding carboxylic acids is 3. The Kier molecular flexibility index (Phi) is 5.90. The molecule has 3 aromatic rings. The van der Waals surface area contributed by atoms with Gasteiger partial charge in [-0.05, 0) is 44.0 Å². The van der Waals surface area contributed by atoms with Crippen LogP contribution in [-0.2, 0) is 15.1 Å². The Labute approximate surface area is 195 Å². The van der Waals surface area contributed by atoms with E-state index in [9.17, 15) is 14.4 Å². The second kappa shape index (κ2) is 8.67. The van der Waals surface area contributed by atoms with Gasteiger partial charge in [0.1, 0.15) is 17.8 Å². The fraction of sp³-hybridized carbons (Fsp3) is 0.250. The lowest BCUT2D eigenvalue weighted by atomic mass is 9.92. The van der Waals surface area contributed by atoms with Crippen LogP contribution in [0.4, 0.5) is 9.93 Å². The third-order valence-corrected chi connectivity index (χ3v) is 6.41. The van der Waals surface area contributed by atoms with Crippen LogP contribution in [0.1, 0.15) is 23.6 Å². The van der Waals surface area contributed by atoms with Gasteiger partial charge < -0.3 is 15.4 Å². The Bertz CT molecular complexity index is 1240. The van der Waals surface area contributed by atoms with Crippen LogP contribution in [0.15, 0.2) is 47.8 Å². The minimum atomic E-state index is -1.26. The number of aromatic nitrogens is 1. The van der Waals surface area contributed by atoms with Gasteiger partial charge in [-0.15, -0.1) is 11.3 Å². The van der Waals surface area contributed by atoms with E-state index in [4.69, 9.17) is 4.74 Å². The molecule has 2 aromatic carbocycles. The molecule has 4 amide bonds. The number of amides is 4.